The molecule has 3 heterocycles. The molecule has 0 radical (unpaired) electrons. The minimum absolute atomic E-state index is 0.249. The number of ether oxygens (including phenoxy) is 2. The van der Waals surface area contributed by atoms with Crippen molar-refractivity contribution in [1.29, 1.82) is 0 Å². The molecule has 2 aromatic heterocycles. The zero-order valence-electron chi connectivity index (χ0n) is 25.3. The molecule has 1 N–H and O–H groups in total. The number of fused-ring (bicyclic) bond motifs is 1. The Morgan fingerprint density at radius 2 is 1.73 bits per heavy atom. The lowest BCUT2D eigenvalue weighted by Gasteiger charge is -2.25. The number of benzene rings is 2. The Morgan fingerprint density at radius 1 is 0.976 bits per heavy atom. The predicted molar refractivity (Wildman–Crippen MR) is 162 cm³/mol. The molecule has 0 atom stereocenters. The van der Waals surface area contributed by atoms with Gasteiger partial charge in [-0.3, -0.25) is 0 Å². The van der Waals surface area contributed by atoms with E-state index in [1.54, 1.807) is 0 Å². The number of rotatable bonds is 12. The maximum atomic E-state index is 6.42. The van der Waals surface area contributed by atoms with Crippen LogP contribution >= 0.6 is 0 Å². The fraction of sp³-hybridized carbons (Fsp3) is 0.485. The lowest BCUT2D eigenvalue weighted by Crippen LogP contribution is -2.26. The van der Waals surface area contributed by atoms with Crippen LogP contribution in [0.1, 0.15) is 81.8 Å². The first kappa shape index (κ1) is 28.9. The first-order valence-corrected chi connectivity index (χ1v) is 15.0. The third-order valence-corrected chi connectivity index (χ3v) is 7.70. The highest BCUT2D eigenvalue weighted by molar-refractivity contribution is 5.91. The lowest BCUT2D eigenvalue weighted by atomic mass is 9.91. The monoisotopic (exact) mass is 557 g/mol. The van der Waals surface area contributed by atoms with E-state index in [2.05, 4.69) is 84.2 Å². The van der Waals surface area contributed by atoms with Gasteiger partial charge in [0.2, 0.25) is 0 Å². The Balaban J connectivity index is 1.69. The van der Waals surface area contributed by atoms with E-state index in [0.29, 0.717) is 30.5 Å². The highest BCUT2D eigenvalue weighted by Crippen LogP contribution is 2.46. The summed E-state index contributed by atoms with van der Waals surface area (Å²) in [5.41, 5.74) is 7.27. The number of hydrogen-bond donors (Lipinski definition) is 1. The number of likely N-dealkylation sites (N-methyl/N-ethyl adjacent to an activating group) is 1. The quantitative estimate of drug-likeness (QED) is 0.180. The molecule has 1 aliphatic heterocycles. The van der Waals surface area contributed by atoms with E-state index in [4.69, 9.17) is 14.0 Å². The van der Waals surface area contributed by atoms with Crippen LogP contribution in [0, 0.1) is 6.92 Å². The van der Waals surface area contributed by atoms with Gasteiger partial charge in [-0.1, -0.05) is 63.9 Å². The number of hydrogen-bond acceptors (Lipinski definition) is 7. The fourth-order valence-electron chi connectivity index (χ4n) is 5.31. The maximum Gasteiger partial charge on any atom is 0.184 e. The van der Waals surface area contributed by atoms with Gasteiger partial charge in [0, 0.05) is 19.2 Å². The summed E-state index contributed by atoms with van der Waals surface area (Å²) < 4.78 is 18.9. The number of nitrogens with zero attached hydrogens (tertiary/aromatic N) is 4. The molecular formula is C33H43N5O3. The molecule has 8 heteroatoms. The second-order valence-electron chi connectivity index (χ2n) is 11.4. The second-order valence-corrected chi connectivity index (χ2v) is 11.4. The van der Waals surface area contributed by atoms with E-state index in [0.717, 1.165) is 84.8 Å². The van der Waals surface area contributed by atoms with E-state index < -0.39 is 0 Å². The van der Waals surface area contributed by atoms with Gasteiger partial charge in [-0.2, -0.15) is 0 Å². The first-order chi connectivity index (χ1) is 19.9. The zero-order valence-corrected chi connectivity index (χ0v) is 25.3. The van der Waals surface area contributed by atoms with Crippen molar-refractivity contribution in [3.63, 3.8) is 0 Å². The number of H-pyrrole nitrogens is 1. The molecule has 218 valence electrons. The van der Waals surface area contributed by atoms with Crippen LogP contribution in [0.5, 0.6) is 11.5 Å². The summed E-state index contributed by atoms with van der Waals surface area (Å²) in [6.07, 6.45) is 5.10. The molecule has 2 aromatic carbocycles. The molecule has 0 bridgehead atoms. The van der Waals surface area contributed by atoms with E-state index in [1.165, 1.54) is 11.1 Å². The molecule has 1 aliphatic rings. The minimum atomic E-state index is 0.249. The second kappa shape index (κ2) is 12.9. The molecule has 0 aliphatic carbocycles. The smallest absolute Gasteiger partial charge is 0.184 e. The average molecular weight is 558 g/mol. The Bertz CT molecular complexity index is 1470. The number of aromatic nitrogens is 4. The van der Waals surface area contributed by atoms with Gasteiger partial charge in [0.05, 0.1) is 24.3 Å². The van der Waals surface area contributed by atoms with Crippen molar-refractivity contribution in [3.8, 4) is 45.5 Å². The third kappa shape index (κ3) is 6.32. The van der Waals surface area contributed by atoms with Crippen LogP contribution < -0.4 is 9.47 Å². The van der Waals surface area contributed by atoms with E-state index in [1.807, 2.05) is 13.0 Å². The van der Waals surface area contributed by atoms with Crippen molar-refractivity contribution >= 4 is 0 Å². The van der Waals surface area contributed by atoms with Gasteiger partial charge >= 0.3 is 0 Å². The summed E-state index contributed by atoms with van der Waals surface area (Å²) in [7, 11) is 2.17. The standard InChI is InChI=1S/C33H43N5O3/c1-7-9-15-39-28-19-29(40-16-10-8-2)27(18-26(28)21(3)4)32-30(31(37-41-32)33-34-22(5)35-36-33)24-11-12-25-20-38(6)14-13-23(25)17-24/h11-12,17-19,21H,7-10,13-16,20H2,1-6H3,(H,34,35,36). The Morgan fingerprint density at radius 3 is 2.41 bits per heavy atom. The summed E-state index contributed by atoms with van der Waals surface area (Å²) in [4.78, 5) is 5.61. The maximum absolute atomic E-state index is 6.42. The Hall–Kier alpha value is -3.65. The normalized spacial score (nSPS) is 13.5. The highest BCUT2D eigenvalue weighted by Gasteiger charge is 2.28. The number of aryl methyl sites for hydroxylation is 1. The van der Waals surface area contributed by atoms with Crippen molar-refractivity contribution in [2.45, 2.75) is 79.2 Å². The summed E-state index contributed by atoms with van der Waals surface area (Å²) in [5.74, 6) is 3.83. The van der Waals surface area contributed by atoms with Crippen LogP contribution in [0.4, 0.5) is 0 Å². The molecule has 0 spiro atoms. The Kier molecular flexibility index (Phi) is 9.08. The first-order valence-electron chi connectivity index (χ1n) is 15.0. The molecule has 5 rings (SSSR count). The topological polar surface area (TPSA) is 89.3 Å². The number of unbranched alkanes of at least 4 members (excludes halogenated alkanes) is 2. The molecular weight excluding hydrogens is 514 g/mol. The molecule has 0 fully saturated rings. The van der Waals surface area contributed by atoms with E-state index in [9.17, 15) is 0 Å². The number of nitrogens with one attached hydrogen (secondary N) is 1. The van der Waals surface area contributed by atoms with Gasteiger partial charge in [0.15, 0.2) is 17.3 Å². The lowest BCUT2D eigenvalue weighted by molar-refractivity contribution is 0.291. The van der Waals surface area contributed by atoms with Crippen LogP contribution in [0.25, 0.3) is 34.0 Å². The van der Waals surface area contributed by atoms with Gasteiger partial charge < -0.3 is 23.9 Å². The van der Waals surface area contributed by atoms with E-state index >= 15 is 0 Å². The van der Waals surface area contributed by atoms with Gasteiger partial charge in [-0.15, -0.1) is 10.2 Å². The van der Waals surface area contributed by atoms with Crippen LogP contribution in [0.3, 0.4) is 0 Å². The van der Waals surface area contributed by atoms with Gasteiger partial charge in [-0.05, 0) is 67.5 Å². The van der Waals surface area contributed by atoms with Crippen molar-refractivity contribution in [1.82, 2.24) is 25.2 Å². The van der Waals surface area contributed by atoms with Crippen molar-refractivity contribution < 1.29 is 14.0 Å². The van der Waals surface area contributed by atoms with Gasteiger partial charge in [0.1, 0.15) is 17.3 Å². The summed E-state index contributed by atoms with van der Waals surface area (Å²) >= 11 is 0. The number of aromatic amines is 1. The predicted octanol–water partition coefficient (Wildman–Crippen LogP) is 7.57. The zero-order chi connectivity index (χ0) is 28.9. The van der Waals surface area contributed by atoms with Gasteiger partial charge in [0.25, 0.3) is 0 Å². The Labute approximate surface area is 243 Å². The average Bonchev–Trinajstić information content (AvgIpc) is 3.59. The summed E-state index contributed by atoms with van der Waals surface area (Å²) in [6.45, 7) is 13.9. The summed E-state index contributed by atoms with van der Waals surface area (Å²) in [5, 5.41) is 13.1. The van der Waals surface area contributed by atoms with E-state index in [-0.39, 0.29) is 5.92 Å². The molecule has 0 unspecified atom stereocenters. The van der Waals surface area contributed by atoms with Crippen molar-refractivity contribution in [2.75, 3.05) is 26.8 Å². The molecule has 8 nitrogen and oxygen atoms in total. The van der Waals surface area contributed by atoms with Crippen LogP contribution in [0.15, 0.2) is 34.9 Å². The van der Waals surface area contributed by atoms with Crippen molar-refractivity contribution in [3.05, 3.63) is 52.8 Å². The molecule has 0 saturated heterocycles. The SMILES string of the molecule is CCCCOc1cc(OCCCC)c(C(C)C)cc1-c1onc(-c2nnc(C)[nH]2)c1-c1ccc2c(c1)CCN(C)C2. The highest BCUT2D eigenvalue weighted by atomic mass is 16.5. The summed E-state index contributed by atoms with van der Waals surface area (Å²) in [6, 6.07) is 10.9. The largest absolute Gasteiger partial charge is 0.493 e. The van der Waals surface area contributed by atoms with Gasteiger partial charge in [-0.25, -0.2) is 0 Å². The minimum Gasteiger partial charge on any atom is -0.493 e. The molecule has 0 saturated carbocycles. The van der Waals surface area contributed by atoms with Crippen molar-refractivity contribution in [2.24, 2.45) is 0 Å². The van der Waals surface area contributed by atoms with Crippen LogP contribution in [-0.2, 0) is 13.0 Å². The fourth-order valence-corrected chi connectivity index (χ4v) is 5.31. The molecule has 4 aromatic rings. The molecule has 41 heavy (non-hydrogen) atoms. The van der Waals surface area contributed by atoms with Crippen LogP contribution in [-0.4, -0.2) is 52.0 Å². The third-order valence-electron chi connectivity index (χ3n) is 7.70. The molecule has 0 amide bonds. The van der Waals surface area contributed by atoms with Crippen LogP contribution in [0.2, 0.25) is 0 Å².